The Morgan fingerprint density at radius 2 is 0.783 bits per heavy atom. The molecule has 0 radical (unpaired) electrons. The Bertz CT molecular complexity index is 4030. The van der Waals surface area contributed by atoms with Crippen molar-refractivity contribution in [2.75, 3.05) is 9.80 Å². The van der Waals surface area contributed by atoms with E-state index in [-0.39, 0.29) is 5.75 Å². The van der Waals surface area contributed by atoms with E-state index in [0.29, 0.717) is 0 Å². The molecule has 0 aliphatic rings. The maximum Gasteiger partial charge on any atom is 0.159 e. The third-order valence-electron chi connectivity index (χ3n) is 13.3. The van der Waals surface area contributed by atoms with E-state index in [1.165, 1.54) is 0 Å². The Hall–Kier alpha value is -9.32. The first-order chi connectivity index (χ1) is 34.2. The molecule has 5 nitrogen and oxygen atoms in total. The Balaban J connectivity index is 0.975. The number of fused-ring (bicyclic) bond motifs is 8. The Morgan fingerprint density at radius 1 is 0.290 bits per heavy atom. The Labute approximate surface area is 398 Å². The van der Waals surface area contributed by atoms with Crippen LogP contribution in [0.4, 0.5) is 34.1 Å². The molecule has 0 atom stereocenters. The van der Waals surface area contributed by atoms with Gasteiger partial charge in [0.25, 0.3) is 0 Å². The lowest BCUT2D eigenvalue weighted by Crippen LogP contribution is -2.10. The van der Waals surface area contributed by atoms with E-state index in [1.54, 1.807) is 0 Å². The van der Waals surface area contributed by atoms with Gasteiger partial charge in [-0.2, -0.15) is 0 Å². The minimum Gasteiger partial charge on any atom is -0.507 e. The molecule has 0 spiro atoms. The molecular weight excluding hydrogens is 845 g/mol. The highest BCUT2D eigenvalue weighted by atomic mass is 16.3. The highest BCUT2D eigenvalue weighted by Crippen LogP contribution is 2.49. The van der Waals surface area contributed by atoms with E-state index in [9.17, 15) is 5.11 Å². The van der Waals surface area contributed by atoms with E-state index in [1.807, 2.05) is 66.7 Å². The third kappa shape index (κ3) is 6.79. The second kappa shape index (κ2) is 16.5. The lowest BCUT2D eigenvalue weighted by molar-refractivity contribution is 0.479. The molecule has 0 fully saturated rings. The van der Waals surface area contributed by atoms with Crippen molar-refractivity contribution >= 4 is 88.8 Å². The van der Waals surface area contributed by atoms with Gasteiger partial charge in [0.2, 0.25) is 0 Å². The van der Waals surface area contributed by atoms with Gasteiger partial charge in [-0.1, -0.05) is 182 Å². The van der Waals surface area contributed by atoms with Crippen LogP contribution in [-0.4, -0.2) is 5.11 Å². The minimum atomic E-state index is 0.248. The normalized spacial score (nSPS) is 11.5. The van der Waals surface area contributed by atoms with Crippen molar-refractivity contribution in [1.82, 2.24) is 0 Å². The average molecular weight is 887 g/mol. The minimum absolute atomic E-state index is 0.248. The molecular formula is C64H42N2O3. The van der Waals surface area contributed by atoms with Gasteiger partial charge in [-0.3, -0.25) is 0 Å². The second-order valence-corrected chi connectivity index (χ2v) is 17.4. The van der Waals surface area contributed by atoms with Crippen molar-refractivity contribution < 1.29 is 13.9 Å². The van der Waals surface area contributed by atoms with Gasteiger partial charge in [0.05, 0.1) is 17.1 Å². The molecule has 1 N–H and O–H groups in total. The molecule has 0 saturated heterocycles. The average Bonchev–Trinajstić information content (AvgIpc) is 3.99. The molecule has 11 aromatic carbocycles. The van der Waals surface area contributed by atoms with E-state index in [0.717, 1.165) is 122 Å². The number of hydrogen-bond acceptors (Lipinski definition) is 5. The molecule has 0 saturated carbocycles. The van der Waals surface area contributed by atoms with Crippen molar-refractivity contribution in [2.24, 2.45) is 0 Å². The SMILES string of the molecule is Oc1c(-c2ccccc2)cccc1-c1cccc(N(c2ccccc2)c2cc3oc4cc(N(c5ccccc5)c5cccc6c5oc5c(-c7ccccc7)cccc56)ccc4c3c3ccccc23)c1. The first-order valence-corrected chi connectivity index (χ1v) is 23.2. The molecule has 326 valence electrons. The zero-order valence-electron chi connectivity index (χ0n) is 37.3. The van der Waals surface area contributed by atoms with Crippen LogP contribution < -0.4 is 9.80 Å². The number of anilines is 6. The summed E-state index contributed by atoms with van der Waals surface area (Å²) in [5.74, 6) is 0.248. The standard InChI is InChI=1S/C64H42N2O3/c67-62-49(42-19-5-1-6-20-42)31-16-32-50(62)44-23-15-28-47(39-44)66(46-26-11-4-12-27-46)58-41-60-61(53-30-14-13-29-52(53)58)56-38-37-48(40-59(56)68-60)65(45-24-9-3-10-25-45)57-36-18-35-55-54-34-17-33-51(63(54)69-64(55)57)43-21-7-2-8-22-43/h1-41,67H. The third-order valence-corrected chi connectivity index (χ3v) is 13.3. The number of rotatable bonds is 9. The number of phenolic OH excluding ortho intramolecular Hbond substituents is 1. The summed E-state index contributed by atoms with van der Waals surface area (Å²) in [6.07, 6.45) is 0. The van der Waals surface area contributed by atoms with Crippen LogP contribution in [0, 0.1) is 0 Å². The topological polar surface area (TPSA) is 53.0 Å². The van der Waals surface area contributed by atoms with E-state index < -0.39 is 0 Å². The molecule has 0 unspecified atom stereocenters. The van der Waals surface area contributed by atoms with E-state index >= 15 is 0 Å². The number of hydrogen-bond donors (Lipinski definition) is 1. The van der Waals surface area contributed by atoms with Crippen LogP contribution in [0.1, 0.15) is 0 Å². The highest BCUT2D eigenvalue weighted by molar-refractivity contribution is 6.23. The predicted octanol–water partition coefficient (Wildman–Crippen LogP) is 18.3. The van der Waals surface area contributed by atoms with Crippen molar-refractivity contribution in [1.29, 1.82) is 0 Å². The molecule has 69 heavy (non-hydrogen) atoms. The molecule has 2 heterocycles. The van der Waals surface area contributed by atoms with Crippen LogP contribution in [-0.2, 0) is 0 Å². The Morgan fingerprint density at radius 3 is 1.49 bits per heavy atom. The maximum atomic E-state index is 11.8. The first kappa shape index (κ1) is 40.0. The summed E-state index contributed by atoms with van der Waals surface area (Å²) in [6, 6.07) is 85.8. The van der Waals surface area contributed by atoms with Gasteiger partial charge in [-0.25, -0.2) is 0 Å². The van der Waals surface area contributed by atoms with Gasteiger partial charge >= 0.3 is 0 Å². The zero-order chi connectivity index (χ0) is 45.8. The van der Waals surface area contributed by atoms with Crippen LogP contribution in [0.3, 0.4) is 0 Å². The first-order valence-electron chi connectivity index (χ1n) is 23.2. The summed E-state index contributed by atoms with van der Waals surface area (Å²) < 4.78 is 14.0. The van der Waals surface area contributed by atoms with Crippen molar-refractivity contribution in [3.8, 4) is 39.1 Å². The van der Waals surface area contributed by atoms with Gasteiger partial charge in [0.15, 0.2) is 5.58 Å². The number of aromatic hydroxyl groups is 1. The van der Waals surface area contributed by atoms with Crippen LogP contribution in [0.5, 0.6) is 5.75 Å². The quantitative estimate of drug-likeness (QED) is 0.156. The molecule has 5 heteroatoms. The summed E-state index contributed by atoms with van der Waals surface area (Å²) in [6.45, 7) is 0. The predicted molar refractivity (Wildman–Crippen MR) is 286 cm³/mol. The summed E-state index contributed by atoms with van der Waals surface area (Å²) in [5.41, 5.74) is 14.6. The highest BCUT2D eigenvalue weighted by Gasteiger charge is 2.24. The molecule has 0 aliphatic carbocycles. The van der Waals surface area contributed by atoms with Crippen LogP contribution >= 0.6 is 0 Å². The maximum absolute atomic E-state index is 11.8. The van der Waals surface area contributed by atoms with Gasteiger partial charge < -0.3 is 23.7 Å². The van der Waals surface area contributed by atoms with Crippen LogP contribution in [0.25, 0.3) is 88.0 Å². The smallest absolute Gasteiger partial charge is 0.159 e. The fraction of sp³-hybridized carbons (Fsp3) is 0. The number of para-hydroxylation sites is 5. The monoisotopic (exact) mass is 886 g/mol. The van der Waals surface area contributed by atoms with E-state index in [4.69, 9.17) is 8.83 Å². The fourth-order valence-electron chi connectivity index (χ4n) is 10.2. The summed E-state index contributed by atoms with van der Waals surface area (Å²) in [5, 5.41) is 18.1. The van der Waals surface area contributed by atoms with Gasteiger partial charge in [-0.15, -0.1) is 0 Å². The largest absolute Gasteiger partial charge is 0.507 e. The lowest BCUT2D eigenvalue weighted by atomic mass is 9.96. The Kier molecular flexibility index (Phi) is 9.58. The summed E-state index contributed by atoms with van der Waals surface area (Å²) in [7, 11) is 0. The van der Waals surface area contributed by atoms with Gasteiger partial charge in [0, 0.05) is 72.8 Å². The van der Waals surface area contributed by atoms with Crippen LogP contribution in [0.2, 0.25) is 0 Å². The van der Waals surface area contributed by atoms with E-state index in [2.05, 4.69) is 192 Å². The summed E-state index contributed by atoms with van der Waals surface area (Å²) in [4.78, 5) is 4.55. The van der Waals surface area contributed by atoms with Crippen molar-refractivity contribution in [3.63, 3.8) is 0 Å². The zero-order valence-corrected chi connectivity index (χ0v) is 37.3. The molecule has 2 aromatic heterocycles. The van der Waals surface area contributed by atoms with Crippen molar-refractivity contribution in [3.05, 3.63) is 249 Å². The van der Waals surface area contributed by atoms with Gasteiger partial charge in [-0.05, 0) is 76.7 Å². The lowest BCUT2D eigenvalue weighted by Gasteiger charge is -2.27. The molecule has 0 bridgehead atoms. The molecule has 0 amide bonds. The molecule has 0 aliphatic heterocycles. The molecule has 13 rings (SSSR count). The summed E-state index contributed by atoms with van der Waals surface area (Å²) >= 11 is 0. The number of benzene rings is 11. The number of phenols is 1. The number of furan rings is 2. The van der Waals surface area contributed by atoms with Crippen molar-refractivity contribution in [2.45, 2.75) is 0 Å². The molecule has 13 aromatic rings. The van der Waals surface area contributed by atoms with Gasteiger partial charge in [0.1, 0.15) is 22.5 Å². The number of nitrogens with zero attached hydrogens (tertiary/aromatic N) is 2. The second-order valence-electron chi connectivity index (χ2n) is 17.4. The van der Waals surface area contributed by atoms with Crippen LogP contribution in [0.15, 0.2) is 258 Å². The fourth-order valence-corrected chi connectivity index (χ4v) is 10.2.